The van der Waals surface area contributed by atoms with Crippen LogP contribution in [-0.4, -0.2) is 15.9 Å². The molecule has 1 aromatic heterocycles. The number of nitrogens with two attached hydrogens (primary N) is 1. The van der Waals surface area contributed by atoms with Crippen LogP contribution in [0.2, 0.25) is 0 Å². The Hall–Kier alpha value is -1.01. The lowest BCUT2D eigenvalue weighted by atomic mass is 10.2. The Morgan fingerprint density at radius 2 is 2.25 bits per heavy atom. The number of rotatable bonds is 4. The van der Waals surface area contributed by atoms with Crippen molar-refractivity contribution >= 4 is 34.5 Å². The van der Waals surface area contributed by atoms with Gasteiger partial charge in [0.15, 0.2) is 0 Å². The van der Waals surface area contributed by atoms with Gasteiger partial charge < -0.3 is 11.1 Å². The van der Waals surface area contributed by atoms with Crippen molar-refractivity contribution in [2.75, 3.05) is 0 Å². The number of aryl methyl sites for hydroxylation is 2. The lowest BCUT2D eigenvalue weighted by Gasteiger charge is -2.12. The summed E-state index contributed by atoms with van der Waals surface area (Å²) in [6.07, 6.45) is 0.0938. The summed E-state index contributed by atoms with van der Waals surface area (Å²) in [5.41, 5.74) is 6.27. The molecular weight excluding hydrogens is 242 g/mol. The maximum atomic E-state index is 11.5. The fraction of sp³-hybridized carbons (Fsp3) is 0.500. The highest BCUT2D eigenvalue weighted by Gasteiger charge is 2.15. The van der Waals surface area contributed by atoms with Crippen LogP contribution >= 0.6 is 23.6 Å². The first-order chi connectivity index (χ1) is 7.40. The highest BCUT2D eigenvalue weighted by molar-refractivity contribution is 7.80. The summed E-state index contributed by atoms with van der Waals surface area (Å²) >= 11 is 6.27. The van der Waals surface area contributed by atoms with Gasteiger partial charge in [-0.1, -0.05) is 12.2 Å². The molecule has 0 saturated carbocycles. The van der Waals surface area contributed by atoms with Gasteiger partial charge in [0.1, 0.15) is 0 Å². The Morgan fingerprint density at radius 3 is 2.69 bits per heavy atom. The normalized spacial score (nSPS) is 12.2. The smallest absolute Gasteiger partial charge is 0.227 e. The van der Waals surface area contributed by atoms with Gasteiger partial charge in [-0.15, -0.1) is 11.3 Å². The molecule has 0 aliphatic carbocycles. The van der Waals surface area contributed by atoms with E-state index in [1.165, 1.54) is 0 Å². The fourth-order valence-corrected chi connectivity index (χ4v) is 2.53. The number of aromatic nitrogens is 1. The predicted octanol–water partition coefficient (Wildman–Crippen LogP) is 1.61. The van der Waals surface area contributed by atoms with E-state index in [2.05, 4.69) is 22.5 Å². The van der Waals surface area contributed by atoms with Crippen LogP contribution in [0, 0.1) is 13.8 Å². The number of carbonyl (C=O) groups is 1. The molecule has 1 amide bonds. The molecule has 6 heteroatoms. The third-order valence-electron chi connectivity index (χ3n) is 2.04. The maximum absolute atomic E-state index is 11.5. The quantitative estimate of drug-likeness (QED) is 0.804. The van der Waals surface area contributed by atoms with Gasteiger partial charge in [0, 0.05) is 4.88 Å². The number of thiazole rings is 1. The van der Waals surface area contributed by atoms with E-state index < -0.39 is 0 Å². The van der Waals surface area contributed by atoms with E-state index >= 15 is 0 Å². The predicted molar refractivity (Wildman–Crippen MR) is 69.5 cm³/mol. The second kappa shape index (κ2) is 5.36. The molecule has 1 atom stereocenters. The standard InChI is InChI=1S/C10H15N3OS2/c1-5-10(16-7(3)12-5)6(2)13-9(14)4-8(11)15/h6H,4H2,1-3H3,(H2,11,15)(H,13,14). The molecule has 4 nitrogen and oxygen atoms in total. The second-order valence-electron chi connectivity index (χ2n) is 3.61. The van der Waals surface area contributed by atoms with Crippen molar-refractivity contribution in [3.05, 3.63) is 15.6 Å². The molecule has 0 aliphatic rings. The van der Waals surface area contributed by atoms with Crippen LogP contribution in [0.1, 0.15) is 35.0 Å². The Kier molecular flexibility index (Phi) is 4.37. The monoisotopic (exact) mass is 257 g/mol. The molecular formula is C10H15N3OS2. The van der Waals surface area contributed by atoms with Crippen molar-refractivity contribution in [3.63, 3.8) is 0 Å². The molecule has 0 aromatic carbocycles. The largest absolute Gasteiger partial charge is 0.393 e. The molecule has 0 bridgehead atoms. The van der Waals surface area contributed by atoms with Gasteiger partial charge in [-0.05, 0) is 20.8 Å². The highest BCUT2D eigenvalue weighted by atomic mass is 32.1. The Balaban J connectivity index is 2.65. The zero-order valence-corrected chi connectivity index (χ0v) is 11.2. The van der Waals surface area contributed by atoms with E-state index in [1.54, 1.807) is 11.3 Å². The van der Waals surface area contributed by atoms with Crippen LogP contribution in [-0.2, 0) is 4.79 Å². The Labute approximate surface area is 104 Å². The number of carbonyl (C=O) groups excluding carboxylic acids is 1. The van der Waals surface area contributed by atoms with E-state index in [9.17, 15) is 4.79 Å². The lowest BCUT2D eigenvalue weighted by Crippen LogP contribution is -2.29. The lowest BCUT2D eigenvalue weighted by molar-refractivity contribution is -0.120. The summed E-state index contributed by atoms with van der Waals surface area (Å²) in [6.45, 7) is 5.82. The van der Waals surface area contributed by atoms with E-state index in [0.29, 0.717) is 0 Å². The number of hydrogen-bond acceptors (Lipinski definition) is 4. The number of amides is 1. The number of nitrogens with zero attached hydrogens (tertiary/aromatic N) is 1. The van der Waals surface area contributed by atoms with Gasteiger partial charge in [0.2, 0.25) is 5.91 Å². The molecule has 0 spiro atoms. The van der Waals surface area contributed by atoms with E-state index in [0.717, 1.165) is 15.6 Å². The van der Waals surface area contributed by atoms with Crippen LogP contribution in [0.5, 0.6) is 0 Å². The third-order valence-corrected chi connectivity index (χ3v) is 3.44. The summed E-state index contributed by atoms with van der Waals surface area (Å²) < 4.78 is 0. The van der Waals surface area contributed by atoms with Gasteiger partial charge in [-0.2, -0.15) is 0 Å². The van der Waals surface area contributed by atoms with Gasteiger partial charge in [0.25, 0.3) is 0 Å². The van der Waals surface area contributed by atoms with Crippen LogP contribution in [0.3, 0.4) is 0 Å². The molecule has 16 heavy (non-hydrogen) atoms. The summed E-state index contributed by atoms with van der Waals surface area (Å²) in [5.74, 6) is -0.148. The van der Waals surface area contributed by atoms with Crippen molar-refractivity contribution in [3.8, 4) is 0 Å². The van der Waals surface area contributed by atoms with Crippen molar-refractivity contribution in [2.24, 2.45) is 5.73 Å². The first-order valence-corrected chi connectivity index (χ1v) is 6.14. The topological polar surface area (TPSA) is 68.0 Å². The minimum absolute atomic E-state index is 0.0481. The van der Waals surface area contributed by atoms with Gasteiger partial charge in [-0.25, -0.2) is 4.98 Å². The summed E-state index contributed by atoms with van der Waals surface area (Å²) in [7, 11) is 0. The average molecular weight is 257 g/mol. The zero-order valence-electron chi connectivity index (χ0n) is 9.53. The van der Waals surface area contributed by atoms with Crippen LogP contribution < -0.4 is 11.1 Å². The molecule has 3 N–H and O–H groups in total. The average Bonchev–Trinajstić information content (AvgIpc) is 2.43. The maximum Gasteiger partial charge on any atom is 0.227 e. The molecule has 0 radical (unpaired) electrons. The minimum Gasteiger partial charge on any atom is -0.393 e. The number of thiocarbonyl (C=S) groups is 1. The number of nitrogens with one attached hydrogen (secondary N) is 1. The van der Waals surface area contributed by atoms with Crippen LogP contribution in [0.25, 0.3) is 0 Å². The third kappa shape index (κ3) is 3.53. The molecule has 1 aromatic rings. The molecule has 0 aliphatic heterocycles. The molecule has 0 saturated heterocycles. The van der Waals surface area contributed by atoms with E-state index in [1.807, 2.05) is 20.8 Å². The van der Waals surface area contributed by atoms with Crippen LogP contribution in [0.15, 0.2) is 0 Å². The van der Waals surface area contributed by atoms with Gasteiger partial charge in [-0.3, -0.25) is 4.79 Å². The molecule has 1 heterocycles. The Bertz CT molecular complexity index is 414. The first kappa shape index (κ1) is 13.1. The minimum atomic E-state index is -0.148. The van der Waals surface area contributed by atoms with Crippen molar-refractivity contribution in [1.29, 1.82) is 0 Å². The first-order valence-electron chi connectivity index (χ1n) is 4.91. The second-order valence-corrected chi connectivity index (χ2v) is 5.37. The van der Waals surface area contributed by atoms with Gasteiger partial charge >= 0.3 is 0 Å². The summed E-state index contributed by atoms with van der Waals surface area (Å²) in [6, 6.07) is -0.0481. The number of hydrogen-bond donors (Lipinski definition) is 2. The van der Waals surface area contributed by atoms with Crippen LogP contribution in [0.4, 0.5) is 0 Å². The molecule has 1 rings (SSSR count). The van der Waals surface area contributed by atoms with Gasteiger partial charge in [0.05, 0.1) is 28.2 Å². The summed E-state index contributed by atoms with van der Waals surface area (Å²) in [4.78, 5) is 17.1. The zero-order chi connectivity index (χ0) is 12.3. The van der Waals surface area contributed by atoms with E-state index in [4.69, 9.17) is 5.73 Å². The van der Waals surface area contributed by atoms with Crippen molar-refractivity contribution < 1.29 is 4.79 Å². The van der Waals surface area contributed by atoms with Crippen molar-refractivity contribution in [1.82, 2.24) is 10.3 Å². The molecule has 88 valence electrons. The Morgan fingerprint density at radius 1 is 1.62 bits per heavy atom. The van der Waals surface area contributed by atoms with E-state index in [-0.39, 0.29) is 23.4 Å². The highest BCUT2D eigenvalue weighted by Crippen LogP contribution is 2.24. The molecule has 1 unspecified atom stereocenters. The van der Waals surface area contributed by atoms with Crippen molar-refractivity contribution in [2.45, 2.75) is 33.2 Å². The molecule has 0 fully saturated rings. The summed E-state index contributed by atoms with van der Waals surface area (Å²) in [5, 5.41) is 3.85. The fourth-order valence-electron chi connectivity index (χ4n) is 1.47. The SMILES string of the molecule is Cc1nc(C)c(C(C)NC(=O)CC(N)=S)s1.